The lowest BCUT2D eigenvalue weighted by molar-refractivity contribution is 0.378. The molecule has 1 N–H and O–H groups in total. The smallest absolute Gasteiger partial charge is 0.0522 e. The van der Waals surface area contributed by atoms with Crippen molar-refractivity contribution in [3.63, 3.8) is 0 Å². The molecule has 2 unspecified atom stereocenters. The molecule has 1 aromatic heterocycles. The van der Waals surface area contributed by atoms with Crippen molar-refractivity contribution in [3.8, 4) is 0 Å². The van der Waals surface area contributed by atoms with Crippen LogP contribution in [0.4, 0.5) is 0 Å². The van der Waals surface area contributed by atoms with Crippen LogP contribution >= 0.6 is 11.8 Å². The zero-order valence-corrected chi connectivity index (χ0v) is 11.7. The first kappa shape index (κ1) is 13.0. The van der Waals surface area contributed by atoms with Gasteiger partial charge in [0.15, 0.2) is 0 Å². The summed E-state index contributed by atoms with van der Waals surface area (Å²) in [5.74, 6) is 0. The van der Waals surface area contributed by atoms with E-state index in [9.17, 15) is 0 Å². The SMILES string of the molecule is CCn1nccc1CNC1CCCCC1SC. The Morgan fingerprint density at radius 1 is 1.47 bits per heavy atom. The van der Waals surface area contributed by atoms with Gasteiger partial charge in [0, 0.05) is 30.6 Å². The van der Waals surface area contributed by atoms with Crippen molar-refractivity contribution in [2.24, 2.45) is 0 Å². The Morgan fingerprint density at radius 2 is 2.29 bits per heavy atom. The van der Waals surface area contributed by atoms with E-state index in [0.717, 1.165) is 18.3 Å². The summed E-state index contributed by atoms with van der Waals surface area (Å²) in [7, 11) is 0. The van der Waals surface area contributed by atoms with Crippen LogP contribution in [-0.2, 0) is 13.1 Å². The zero-order valence-electron chi connectivity index (χ0n) is 10.9. The second-order valence-electron chi connectivity index (χ2n) is 4.68. The molecule has 0 amide bonds. The molecule has 0 aromatic carbocycles. The van der Waals surface area contributed by atoms with Gasteiger partial charge < -0.3 is 5.32 Å². The summed E-state index contributed by atoms with van der Waals surface area (Å²) < 4.78 is 2.07. The average Bonchev–Trinajstić information content (AvgIpc) is 2.84. The van der Waals surface area contributed by atoms with Crippen molar-refractivity contribution in [1.29, 1.82) is 0 Å². The molecule has 0 bridgehead atoms. The summed E-state index contributed by atoms with van der Waals surface area (Å²) in [5, 5.41) is 8.82. The largest absolute Gasteiger partial charge is 0.307 e. The number of rotatable bonds is 5. The molecule has 96 valence electrons. The van der Waals surface area contributed by atoms with E-state index in [0.29, 0.717) is 6.04 Å². The van der Waals surface area contributed by atoms with Crippen LogP contribution in [0.15, 0.2) is 12.3 Å². The lowest BCUT2D eigenvalue weighted by Crippen LogP contribution is -2.40. The van der Waals surface area contributed by atoms with Crippen molar-refractivity contribution in [2.45, 2.75) is 57.0 Å². The Bertz CT molecular complexity index is 337. The summed E-state index contributed by atoms with van der Waals surface area (Å²) in [4.78, 5) is 0. The first-order valence-electron chi connectivity index (χ1n) is 6.62. The number of aryl methyl sites for hydroxylation is 1. The number of nitrogens with zero attached hydrogens (tertiary/aromatic N) is 2. The predicted octanol–water partition coefficient (Wildman–Crippen LogP) is 2.67. The van der Waals surface area contributed by atoms with Crippen molar-refractivity contribution in [1.82, 2.24) is 15.1 Å². The van der Waals surface area contributed by atoms with Gasteiger partial charge in [-0.15, -0.1) is 0 Å². The monoisotopic (exact) mass is 253 g/mol. The standard InChI is InChI=1S/C13H23N3S/c1-3-16-11(8-9-15-16)10-14-12-6-4-5-7-13(12)17-2/h8-9,12-14H,3-7,10H2,1-2H3. The lowest BCUT2D eigenvalue weighted by Gasteiger charge is -2.31. The van der Waals surface area contributed by atoms with Crippen molar-refractivity contribution < 1.29 is 0 Å². The van der Waals surface area contributed by atoms with Gasteiger partial charge in [-0.3, -0.25) is 4.68 Å². The van der Waals surface area contributed by atoms with Gasteiger partial charge in [0.25, 0.3) is 0 Å². The molecule has 1 saturated carbocycles. The molecule has 0 saturated heterocycles. The van der Waals surface area contributed by atoms with Crippen molar-refractivity contribution >= 4 is 11.8 Å². The predicted molar refractivity (Wildman–Crippen MR) is 74.3 cm³/mol. The molecule has 2 atom stereocenters. The second kappa shape index (κ2) is 6.45. The van der Waals surface area contributed by atoms with Gasteiger partial charge in [0.2, 0.25) is 0 Å². The molecule has 3 nitrogen and oxygen atoms in total. The van der Waals surface area contributed by atoms with Crippen LogP contribution in [-0.4, -0.2) is 27.3 Å². The van der Waals surface area contributed by atoms with Gasteiger partial charge >= 0.3 is 0 Å². The van der Waals surface area contributed by atoms with Gasteiger partial charge in [-0.05, 0) is 32.1 Å². The molecule has 4 heteroatoms. The van der Waals surface area contributed by atoms with Crippen molar-refractivity contribution in [3.05, 3.63) is 18.0 Å². The van der Waals surface area contributed by atoms with E-state index in [1.54, 1.807) is 0 Å². The summed E-state index contributed by atoms with van der Waals surface area (Å²) >= 11 is 2.02. The summed E-state index contributed by atoms with van der Waals surface area (Å²) in [5.41, 5.74) is 1.30. The maximum Gasteiger partial charge on any atom is 0.0522 e. The molecular formula is C13H23N3S. The number of aromatic nitrogens is 2. The van der Waals surface area contributed by atoms with Crippen LogP contribution < -0.4 is 5.32 Å². The Balaban J connectivity index is 1.88. The van der Waals surface area contributed by atoms with Crippen LogP contribution in [0.5, 0.6) is 0 Å². The molecule has 1 aliphatic rings. The zero-order chi connectivity index (χ0) is 12.1. The highest BCUT2D eigenvalue weighted by Gasteiger charge is 2.23. The second-order valence-corrected chi connectivity index (χ2v) is 5.76. The topological polar surface area (TPSA) is 29.9 Å². The van der Waals surface area contributed by atoms with Crippen LogP contribution in [0.3, 0.4) is 0 Å². The quantitative estimate of drug-likeness (QED) is 0.875. The fourth-order valence-electron chi connectivity index (χ4n) is 2.64. The van der Waals surface area contributed by atoms with Crippen LogP contribution in [0.2, 0.25) is 0 Å². The highest BCUT2D eigenvalue weighted by molar-refractivity contribution is 7.99. The van der Waals surface area contributed by atoms with Crippen LogP contribution in [0.1, 0.15) is 38.3 Å². The number of hydrogen-bond acceptors (Lipinski definition) is 3. The van der Waals surface area contributed by atoms with Gasteiger partial charge in [-0.2, -0.15) is 16.9 Å². The maximum absolute atomic E-state index is 4.31. The van der Waals surface area contributed by atoms with E-state index in [1.807, 2.05) is 18.0 Å². The Labute approximate surface area is 108 Å². The highest BCUT2D eigenvalue weighted by atomic mass is 32.2. The summed E-state index contributed by atoms with van der Waals surface area (Å²) in [6, 6.07) is 2.80. The Hall–Kier alpha value is -0.480. The van der Waals surface area contributed by atoms with E-state index in [1.165, 1.54) is 31.4 Å². The van der Waals surface area contributed by atoms with E-state index in [4.69, 9.17) is 0 Å². The fraction of sp³-hybridized carbons (Fsp3) is 0.769. The molecule has 1 heterocycles. The number of thioether (sulfide) groups is 1. The minimum absolute atomic E-state index is 0.680. The Kier molecular flexibility index (Phi) is 4.92. The van der Waals surface area contributed by atoms with Crippen LogP contribution in [0, 0.1) is 0 Å². The third-order valence-electron chi connectivity index (χ3n) is 3.65. The third kappa shape index (κ3) is 3.26. The first-order valence-corrected chi connectivity index (χ1v) is 7.90. The van der Waals surface area contributed by atoms with E-state index in [2.05, 4.69) is 34.3 Å². The van der Waals surface area contributed by atoms with Crippen LogP contribution in [0.25, 0.3) is 0 Å². The van der Waals surface area contributed by atoms with E-state index in [-0.39, 0.29) is 0 Å². The molecule has 2 rings (SSSR count). The first-order chi connectivity index (χ1) is 8.35. The van der Waals surface area contributed by atoms with Gasteiger partial charge in [-0.1, -0.05) is 12.8 Å². The van der Waals surface area contributed by atoms with E-state index < -0.39 is 0 Å². The lowest BCUT2D eigenvalue weighted by atomic mass is 9.95. The maximum atomic E-state index is 4.31. The fourth-order valence-corrected chi connectivity index (χ4v) is 3.61. The minimum atomic E-state index is 0.680. The number of hydrogen-bond donors (Lipinski definition) is 1. The number of nitrogens with one attached hydrogen (secondary N) is 1. The van der Waals surface area contributed by atoms with E-state index >= 15 is 0 Å². The van der Waals surface area contributed by atoms with Gasteiger partial charge in [0.05, 0.1) is 5.69 Å². The molecular weight excluding hydrogens is 230 g/mol. The highest BCUT2D eigenvalue weighted by Crippen LogP contribution is 2.27. The van der Waals surface area contributed by atoms with Gasteiger partial charge in [-0.25, -0.2) is 0 Å². The molecule has 0 radical (unpaired) electrons. The molecule has 1 aromatic rings. The average molecular weight is 253 g/mol. The molecule has 0 spiro atoms. The molecule has 0 aliphatic heterocycles. The molecule has 17 heavy (non-hydrogen) atoms. The van der Waals surface area contributed by atoms with Crippen molar-refractivity contribution in [2.75, 3.05) is 6.26 Å². The molecule has 1 aliphatic carbocycles. The summed E-state index contributed by atoms with van der Waals surface area (Å²) in [6.07, 6.45) is 9.60. The van der Waals surface area contributed by atoms with Gasteiger partial charge in [0.1, 0.15) is 0 Å². The minimum Gasteiger partial charge on any atom is -0.307 e. The Morgan fingerprint density at radius 3 is 3.06 bits per heavy atom. The summed E-state index contributed by atoms with van der Waals surface area (Å²) in [6.45, 7) is 4.05. The molecule has 1 fully saturated rings. The normalized spacial score (nSPS) is 25.1. The third-order valence-corrected chi connectivity index (χ3v) is 4.82.